The van der Waals surface area contributed by atoms with Gasteiger partial charge in [-0.1, -0.05) is 37.3 Å². The zero-order chi connectivity index (χ0) is 11.4. The fourth-order valence-corrected chi connectivity index (χ4v) is 2.71. The Labute approximate surface area is 98.6 Å². The molecular weight excluding hydrogens is 194 g/mol. The highest BCUT2D eigenvalue weighted by molar-refractivity contribution is 5.30. The molecule has 0 fully saturated rings. The molecule has 1 aromatic rings. The highest BCUT2D eigenvalue weighted by atomic mass is 14.9. The summed E-state index contributed by atoms with van der Waals surface area (Å²) in [6.45, 7) is 7.13. The molecule has 2 atom stereocenters. The van der Waals surface area contributed by atoms with E-state index in [1.807, 2.05) is 0 Å². The first-order chi connectivity index (χ1) is 7.85. The Kier molecular flexibility index (Phi) is 3.79. The molecule has 1 aliphatic carbocycles. The van der Waals surface area contributed by atoms with Gasteiger partial charge < -0.3 is 5.32 Å². The van der Waals surface area contributed by atoms with Gasteiger partial charge in [0.2, 0.25) is 0 Å². The van der Waals surface area contributed by atoms with E-state index in [0.717, 1.165) is 6.54 Å². The van der Waals surface area contributed by atoms with E-state index in [4.69, 9.17) is 0 Å². The van der Waals surface area contributed by atoms with Crippen molar-refractivity contribution in [1.82, 2.24) is 5.32 Å². The normalized spacial score (nSPS) is 21.2. The fraction of sp³-hybridized carbons (Fsp3) is 0.467. The van der Waals surface area contributed by atoms with Crippen molar-refractivity contribution in [2.75, 3.05) is 6.54 Å². The lowest BCUT2D eigenvalue weighted by Gasteiger charge is -2.30. The Morgan fingerprint density at radius 1 is 1.44 bits per heavy atom. The minimum absolute atomic E-state index is 0.471. The van der Waals surface area contributed by atoms with E-state index >= 15 is 0 Å². The van der Waals surface area contributed by atoms with Gasteiger partial charge in [-0.3, -0.25) is 0 Å². The average Bonchev–Trinajstić information content (AvgIpc) is 2.35. The predicted molar refractivity (Wildman–Crippen MR) is 69.6 cm³/mol. The lowest BCUT2D eigenvalue weighted by atomic mass is 9.80. The lowest BCUT2D eigenvalue weighted by Crippen LogP contribution is -2.37. The quantitative estimate of drug-likeness (QED) is 0.761. The van der Waals surface area contributed by atoms with Crippen LogP contribution in [0.5, 0.6) is 0 Å². The van der Waals surface area contributed by atoms with E-state index in [1.165, 1.54) is 30.4 Å². The number of fused-ring (bicyclic) bond motifs is 1. The monoisotopic (exact) mass is 215 g/mol. The summed E-state index contributed by atoms with van der Waals surface area (Å²) < 4.78 is 0. The summed E-state index contributed by atoms with van der Waals surface area (Å²) in [5.41, 5.74) is 3.07. The van der Waals surface area contributed by atoms with Gasteiger partial charge in [0.15, 0.2) is 0 Å². The number of benzene rings is 1. The van der Waals surface area contributed by atoms with E-state index in [0.29, 0.717) is 12.0 Å². The van der Waals surface area contributed by atoms with Gasteiger partial charge in [-0.25, -0.2) is 0 Å². The van der Waals surface area contributed by atoms with Crippen molar-refractivity contribution in [3.63, 3.8) is 0 Å². The van der Waals surface area contributed by atoms with Gasteiger partial charge in [0.05, 0.1) is 0 Å². The molecule has 0 radical (unpaired) electrons. The molecule has 0 aromatic heterocycles. The van der Waals surface area contributed by atoms with E-state index < -0.39 is 0 Å². The number of nitrogens with one attached hydrogen (secondary N) is 1. The van der Waals surface area contributed by atoms with Crippen LogP contribution in [0.4, 0.5) is 0 Å². The standard InChI is InChI=1S/C15H21N/c1-3-15(16-4-2)14-10-9-12-7-5-6-8-13(12)11-14/h3,5-8,14-16H,1,4,9-11H2,2H3. The van der Waals surface area contributed by atoms with Gasteiger partial charge >= 0.3 is 0 Å². The van der Waals surface area contributed by atoms with Crippen LogP contribution in [0.2, 0.25) is 0 Å². The maximum atomic E-state index is 3.95. The Morgan fingerprint density at radius 2 is 2.19 bits per heavy atom. The van der Waals surface area contributed by atoms with Crippen LogP contribution in [0.3, 0.4) is 0 Å². The van der Waals surface area contributed by atoms with Crippen LogP contribution in [-0.2, 0) is 12.8 Å². The van der Waals surface area contributed by atoms with E-state index in [9.17, 15) is 0 Å². The van der Waals surface area contributed by atoms with Gasteiger partial charge in [-0.2, -0.15) is 0 Å². The third kappa shape index (κ3) is 2.35. The molecule has 0 saturated carbocycles. The van der Waals surface area contributed by atoms with Gasteiger partial charge in [0, 0.05) is 6.04 Å². The molecule has 1 N–H and O–H groups in total. The van der Waals surface area contributed by atoms with Crippen molar-refractivity contribution < 1.29 is 0 Å². The van der Waals surface area contributed by atoms with Crippen molar-refractivity contribution in [3.05, 3.63) is 48.0 Å². The minimum Gasteiger partial charge on any atom is -0.311 e. The second-order valence-electron chi connectivity index (χ2n) is 4.59. The summed E-state index contributed by atoms with van der Waals surface area (Å²) >= 11 is 0. The first-order valence-corrected chi connectivity index (χ1v) is 6.28. The zero-order valence-electron chi connectivity index (χ0n) is 10.1. The molecule has 16 heavy (non-hydrogen) atoms. The predicted octanol–water partition coefficient (Wildman–Crippen LogP) is 2.96. The maximum Gasteiger partial charge on any atom is 0.0278 e. The largest absolute Gasteiger partial charge is 0.311 e. The molecule has 2 rings (SSSR count). The lowest BCUT2D eigenvalue weighted by molar-refractivity contribution is 0.370. The number of rotatable bonds is 4. The smallest absolute Gasteiger partial charge is 0.0278 e. The Morgan fingerprint density at radius 3 is 2.88 bits per heavy atom. The van der Waals surface area contributed by atoms with Crippen LogP contribution in [0.15, 0.2) is 36.9 Å². The molecule has 1 nitrogen and oxygen atoms in total. The highest BCUT2D eigenvalue weighted by Gasteiger charge is 2.23. The van der Waals surface area contributed by atoms with Crippen molar-refractivity contribution in [2.45, 2.75) is 32.2 Å². The molecule has 0 spiro atoms. The number of likely N-dealkylation sites (N-methyl/N-ethyl adjacent to an activating group) is 1. The summed E-state index contributed by atoms with van der Waals surface area (Å²) in [7, 11) is 0. The van der Waals surface area contributed by atoms with Crippen molar-refractivity contribution in [2.24, 2.45) is 5.92 Å². The minimum atomic E-state index is 0.471. The number of hydrogen-bond acceptors (Lipinski definition) is 1. The Bertz CT molecular complexity index is 356. The fourth-order valence-electron chi connectivity index (χ4n) is 2.71. The van der Waals surface area contributed by atoms with Gasteiger partial charge in [0.1, 0.15) is 0 Å². The van der Waals surface area contributed by atoms with Gasteiger partial charge in [-0.15, -0.1) is 6.58 Å². The van der Waals surface area contributed by atoms with Crippen LogP contribution in [0.1, 0.15) is 24.5 Å². The van der Waals surface area contributed by atoms with Crippen LogP contribution in [0, 0.1) is 5.92 Å². The summed E-state index contributed by atoms with van der Waals surface area (Å²) in [6.07, 6.45) is 5.76. The van der Waals surface area contributed by atoms with Crippen molar-refractivity contribution in [3.8, 4) is 0 Å². The maximum absolute atomic E-state index is 3.95. The van der Waals surface area contributed by atoms with Crippen molar-refractivity contribution >= 4 is 0 Å². The van der Waals surface area contributed by atoms with Gasteiger partial charge in [-0.05, 0) is 42.9 Å². The van der Waals surface area contributed by atoms with E-state index in [2.05, 4.69) is 49.2 Å². The molecule has 86 valence electrons. The zero-order valence-corrected chi connectivity index (χ0v) is 10.1. The Balaban J connectivity index is 2.09. The van der Waals surface area contributed by atoms with Crippen LogP contribution in [-0.4, -0.2) is 12.6 Å². The molecule has 1 aliphatic rings. The molecule has 1 aromatic carbocycles. The number of aryl methyl sites for hydroxylation is 1. The second-order valence-corrected chi connectivity index (χ2v) is 4.59. The first-order valence-electron chi connectivity index (χ1n) is 6.28. The topological polar surface area (TPSA) is 12.0 Å². The van der Waals surface area contributed by atoms with E-state index in [-0.39, 0.29) is 0 Å². The average molecular weight is 215 g/mol. The third-order valence-corrected chi connectivity index (χ3v) is 3.59. The molecule has 0 aliphatic heterocycles. The van der Waals surface area contributed by atoms with Crippen molar-refractivity contribution in [1.29, 1.82) is 0 Å². The Hall–Kier alpha value is -1.08. The van der Waals surface area contributed by atoms with Crippen LogP contribution < -0.4 is 5.32 Å². The molecular formula is C15H21N. The summed E-state index contributed by atoms with van der Waals surface area (Å²) in [5.74, 6) is 0.715. The molecule has 0 amide bonds. The molecule has 0 heterocycles. The van der Waals surface area contributed by atoms with Crippen LogP contribution >= 0.6 is 0 Å². The van der Waals surface area contributed by atoms with E-state index in [1.54, 1.807) is 0 Å². The molecule has 2 unspecified atom stereocenters. The van der Waals surface area contributed by atoms with Crippen LogP contribution in [0.25, 0.3) is 0 Å². The summed E-state index contributed by atoms with van der Waals surface area (Å²) in [6, 6.07) is 9.31. The van der Waals surface area contributed by atoms with Gasteiger partial charge in [0.25, 0.3) is 0 Å². The highest BCUT2D eigenvalue weighted by Crippen LogP contribution is 2.27. The molecule has 1 heteroatoms. The molecule has 0 bridgehead atoms. The number of hydrogen-bond donors (Lipinski definition) is 1. The first kappa shape index (κ1) is 11.4. The second kappa shape index (κ2) is 5.31. The molecule has 0 saturated heterocycles. The summed E-state index contributed by atoms with van der Waals surface area (Å²) in [5, 5.41) is 3.51. The summed E-state index contributed by atoms with van der Waals surface area (Å²) in [4.78, 5) is 0. The third-order valence-electron chi connectivity index (χ3n) is 3.59. The SMILES string of the molecule is C=CC(NCC)C1CCc2ccccc2C1.